The lowest BCUT2D eigenvalue weighted by molar-refractivity contribution is -0.153. The number of hydrogen-bond donors (Lipinski definition) is 0. The number of hydrogen-bond acceptors (Lipinski definition) is 3. The predicted molar refractivity (Wildman–Crippen MR) is 130 cm³/mol. The van der Waals surface area contributed by atoms with Crippen LogP contribution in [0.4, 0.5) is 0 Å². The second kappa shape index (κ2) is 16.8. The molecule has 4 unspecified atom stereocenters. The predicted octanol–water partition coefficient (Wildman–Crippen LogP) is 8.20. The Labute approximate surface area is 191 Å². The van der Waals surface area contributed by atoms with E-state index in [1.165, 1.54) is 50.5 Å². The fraction of sp³-hybridized carbons (Fsp3) is 0.714. The van der Waals surface area contributed by atoms with Crippen LogP contribution in [0.3, 0.4) is 0 Å². The summed E-state index contributed by atoms with van der Waals surface area (Å²) >= 11 is 0. The molecule has 0 bridgehead atoms. The third kappa shape index (κ3) is 12.0. The molecule has 0 fully saturated rings. The first-order valence-corrected chi connectivity index (χ1v) is 12.7. The molecule has 31 heavy (non-hydrogen) atoms. The molecule has 3 heteroatoms. The van der Waals surface area contributed by atoms with E-state index >= 15 is 0 Å². The minimum Gasteiger partial charge on any atom is -0.462 e. The Kier molecular flexibility index (Phi) is 14.8. The molecular formula is C28H45NO2. The van der Waals surface area contributed by atoms with Crippen LogP contribution < -0.4 is 0 Å². The molecule has 0 heterocycles. The zero-order valence-electron chi connectivity index (χ0n) is 20.4. The van der Waals surface area contributed by atoms with Gasteiger partial charge >= 0.3 is 5.97 Å². The van der Waals surface area contributed by atoms with Crippen LogP contribution >= 0.6 is 0 Å². The molecule has 0 spiro atoms. The molecule has 1 aromatic carbocycles. The Balaban J connectivity index is 2.31. The fourth-order valence-corrected chi connectivity index (χ4v) is 4.27. The molecule has 0 saturated carbocycles. The molecule has 0 amide bonds. The van der Waals surface area contributed by atoms with E-state index in [-0.39, 0.29) is 23.9 Å². The number of rotatable bonds is 17. The average Bonchev–Trinajstić information content (AvgIpc) is 2.78. The topological polar surface area (TPSA) is 50.1 Å². The summed E-state index contributed by atoms with van der Waals surface area (Å²) in [6.45, 7) is 8.31. The third-order valence-corrected chi connectivity index (χ3v) is 6.34. The number of nitriles is 1. The molecule has 0 aliphatic rings. The SMILES string of the molecule is CCCCCCCCCCC(C)OC(=O)C(C)CC(C#N)CC(CC)c1ccccc1. The van der Waals surface area contributed by atoms with Gasteiger partial charge in [0.1, 0.15) is 0 Å². The first-order valence-electron chi connectivity index (χ1n) is 12.7. The van der Waals surface area contributed by atoms with Gasteiger partial charge in [-0.3, -0.25) is 4.79 Å². The molecule has 0 aliphatic carbocycles. The smallest absolute Gasteiger partial charge is 0.308 e. The van der Waals surface area contributed by atoms with Gasteiger partial charge < -0.3 is 4.74 Å². The summed E-state index contributed by atoms with van der Waals surface area (Å²) in [4.78, 5) is 12.5. The minimum atomic E-state index is -0.237. The van der Waals surface area contributed by atoms with Gasteiger partial charge in [0.05, 0.1) is 18.1 Å². The van der Waals surface area contributed by atoms with Crippen molar-refractivity contribution in [1.29, 1.82) is 5.26 Å². The van der Waals surface area contributed by atoms with Crippen molar-refractivity contribution in [2.24, 2.45) is 11.8 Å². The second-order valence-corrected chi connectivity index (χ2v) is 9.23. The maximum atomic E-state index is 12.5. The molecule has 1 rings (SSSR count). The lowest BCUT2D eigenvalue weighted by Gasteiger charge is -2.22. The summed E-state index contributed by atoms with van der Waals surface area (Å²) in [7, 11) is 0. The number of esters is 1. The average molecular weight is 428 g/mol. The third-order valence-electron chi connectivity index (χ3n) is 6.34. The first kappa shape index (κ1) is 27.2. The number of ether oxygens (including phenoxy) is 1. The van der Waals surface area contributed by atoms with E-state index in [0.29, 0.717) is 12.3 Å². The van der Waals surface area contributed by atoms with Crippen molar-refractivity contribution < 1.29 is 9.53 Å². The number of carbonyl (C=O) groups excluding carboxylic acids is 1. The monoisotopic (exact) mass is 427 g/mol. The Bertz CT molecular complexity index is 622. The second-order valence-electron chi connectivity index (χ2n) is 9.23. The van der Waals surface area contributed by atoms with Crippen LogP contribution in [0.2, 0.25) is 0 Å². The van der Waals surface area contributed by atoms with E-state index in [1.807, 2.05) is 32.0 Å². The van der Waals surface area contributed by atoms with Gasteiger partial charge in [0.2, 0.25) is 0 Å². The zero-order chi connectivity index (χ0) is 22.9. The van der Waals surface area contributed by atoms with Gasteiger partial charge in [-0.2, -0.15) is 5.26 Å². The molecular weight excluding hydrogens is 382 g/mol. The van der Waals surface area contributed by atoms with Crippen LogP contribution in [0.5, 0.6) is 0 Å². The van der Waals surface area contributed by atoms with Crippen LogP contribution in [0.15, 0.2) is 30.3 Å². The minimum absolute atomic E-state index is 0.0386. The molecule has 4 atom stereocenters. The highest BCUT2D eigenvalue weighted by Gasteiger charge is 2.24. The van der Waals surface area contributed by atoms with Crippen molar-refractivity contribution in [2.45, 2.75) is 117 Å². The van der Waals surface area contributed by atoms with Gasteiger partial charge in [-0.25, -0.2) is 0 Å². The molecule has 0 saturated heterocycles. The number of benzene rings is 1. The molecule has 0 radical (unpaired) electrons. The fourth-order valence-electron chi connectivity index (χ4n) is 4.27. The summed E-state index contributed by atoms with van der Waals surface area (Å²) in [6, 6.07) is 12.8. The highest BCUT2D eigenvalue weighted by Crippen LogP contribution is 2.30. The van der Waals surface area contributed by atoms with Crippen LogP contribution in [0.25, 0.3) is 0 Å². The van der Waals surface area contributed by atoms with Crippen LogP contribution in [0.1, 0.15) is 116 Å². The quantitative estimate of drug-likeness (QED) is 0.186. The molecule has 3 nitrogen and oxygen atoms in total. The van der Waals surface area contributed by atoms with Gasteiger partial charge in [0, 0.05) is 5.92 Å². The number of nitrogens with zero attached hydrogens (tertiary/aromatic N) is 1. The Morgan fingerprint density at radius 2 is 1.55 bits per heavy atom. The summed E-state index contributed by atoms with van der Waals surface area (Å²) < 4.78 is 5.68. The first-order chi connectivity index (χ1) is 15.0. The van der Waals surface area contributed by atoms with Crippen LogP contribution in [-0.4, -0.2) is 12.1 Å². The Morgan fingerprint density at radius 3 is 2.13 bits per heavy atom. The van der Waals surface area contributed by atoms with E-state index in [2.05, 4.69) is 32.0 Å². The van der Waals surface area contributed by atoms with Crippen molar-refractivity contribution in [3.8, 4) is 6.07 Å². The lowest BCUT2D eigenvalue weighted by Crippen LogP contribution is -2.23. The normalized spacial score (nSPS) is 14.9. The Morgan fingerprint density at radius 1 is 0.935 bits per heavy atom. The molecule has 0 aromatic heterocycles. The summed E-state index contributed by atoms with van der Waals surface area (Å²) in [5.41, 5.74) is 1.28. The largest absolute Gasteiger partial charge is 0.462 e. The Hall–Kier alpha value is -1.82. The maximum Gasteiger partial charge on any atom is 0.308 e. The molecule has 1 aromatic rings. The van der Waals surface area contributed by atoms with Gasteiger partial charge in [0.15, 0.2) is 0 Å². The van der Waals surface area contributed by atoms with E-state index < -0.39 is 0 Å². The van der Waals surface area contributed by atoms with Crippen molar-refractivity contribution in [3.63, 3.8) is 0 Å². The van der Waals surface area contributed by atoms with Gasteiger partial charge in [-0.15, -0.1) is 0 Å². The number of unbranched alkanes of at least 4 members (excludes halogenated alkanes) is 7. The zero-order valence-corrected chi connectivity index (χ0v) is 20.4. The van der Waals surface area contributed by atoms with Gasteiger partial charge in [0.25, 0.3) is 0 Å². The van der Waals surface area contributed by atoms with Crippen molar-refractivity contribution >= 4 is 5.97 Å². The van der Waals surface area contributed by atoms with E-state index in [4.69, 9.17) is 4.74 Å². The van der Waals surface area contributed by atoms with Crippen molar-refractivity contribution in [2.75, 3.05) is 0 Å². The lowest BCUT2D eigenvalue weighted by atomic mass is 9.84. The maximum absolute atomic E-state index is 12.5. The summed E-state index contributed by atoms with van der Waals surface area (Å²) in [5, 5.41) is 9.66. The molecule has 174 valence electrons. The van der Waals surface area contributed by atoms with Crippen LogP contribution in [0, 0.1) is 23.2 Å². The van der Waals surface area contributed by atoms with E-state index in [1.54, 1.807) is 0 Å². The molecule has 0 aliphatic heterocycles. The van der Waals surface area contributed by atoms with Crippen LogP contribution in [-0.2, 0) is 9.53 Å². The number of carbonyl (C=O) groups is 1. The van der Waals surface area contributed by atoms with Gasteiger partial charge in [-0.05, 0) is 50.5 Å². The highest BCUT2D eigenvalue weighted by atomic mass is 16.5. The van der Waals surface area contributed by atoms with Crippen molar-refractivity contribution in [1.82, 2.24) is 0 Å². The van der Waals surface area contributed by atoms with E-state index in [0.717, 1.165) is 25.7 Å². The molecule has 0 N–H and O–H groups in total. The summed E-state index contributed by atoms with van der Waals surface area (Å²) in [6.07, 6.45) is 13.5. The standard InChI is InChI=1S/C28H45NO2/c1-5-7-8-9-10-11-12-14-17-24(4)31-28(30)23(3)20-25(22-29)21-26(6-2)27-18-15-13-16-19-27/h13,15-16,18-19,23-26H,5-12,14,17,20-21H2,1-4H3. The summed E-state index contributed by atoms with van der Waals surface area (Å²) in [5.74, 6) is -0.162. The highest BCUT2D eigenvalue weighted by molar-refractivity contribution is 5.72. The van der Waals surface area contributed by atoms with Gasteiger partial charge in [-0.1, -0.05) is 96.0 Å². The van der Waals surface area contributed by atoms with E-state index in [9.17, 15) is 10.1 Å². The van der Waals surface area contributed by atoms with Crippen molar-refractivity contribution in [3.05, 3.63) is 35.9 Å².